The number of allylic oxidation sites excluding steroid dienone is 1. The summed E-state index contributed by atoms with van der Waals surface area (Å²) in [5.41, 5.74) is 6.30. The van der Waals surface area contributed by atoms with E-state index in [-0.39, 0.29) is 5.91 Å². The molecule has 0 spiro atoms. The van der Waals surface area contributed by atoms with Gasteiger partial charge >= 0.3 is 0 Å². The summed E-state index contributed by atoms with van der Waals surface area (Å²) in [5.74, 6) is 3.45. The number of hydrogen-bond acceptors (Lipinski definition) is 4. The Bertz CT molecular complexity index is 1550. The van der Waals surface area contributed by atoms with Crippen LogP contribution in [0, 0.1) is 31.6 Å². The second-order valence-electron chi connectivity index (χ2n) is 14.1. The number of nitrogens with one attached hydrogen (secondary N) is 1. The van der Waals surface area contributed by atoms with Gasteiger partial charge in [-0.15, -0.1) is 0 Å². The van der Waals surface area contributed by atoms with E-state index in [1.54, 1.807) is 0 Å². The molecule has 3 unspecified atom stereocenters. The number of carbonyl (C=O) groups excluding carboxylic acids is 1. The zero-order valence-corrected chi connectivity index (χ0v) is 30.5. The van der Waals surface area contributed by atoms with E-state index < -0.39 is 0 Å². The predicted molar refractivity (Wildman–Crippen MR) is 196 cm³/mol. The van der Waals surface area contributed by atoms with Crippen LogP contribution in [0.2, 0.25) is 0 Å². The smallest absolute Gasteiger partial charge is 0.258 e. The number of hydrogen-bond donors (Lipinski definition) is 1. The first-order valence-electron chi connectivity index (χ1n) is 18.3. The van der Waals surface area contributed by atoms with E-state index in [9.17, 15) is 4.79 Å². The van der Waals surface area contributed by atoms with E-state index in [1.165, 1.54) is 44.1 Å². The number of imidazole rings is 1. The van der Waals surface area contributed by atoms with Gasteiger partial charge in [0.25, 0.3) is 5.91 Å². The molecule has 2 aliphatic heterocycles. The largest absolute Gasteiger partial charge is 0.496 e. The summed E-state index contributed by atoms with van der Waals surface area (Å²) in [6, 6.07) is 9.99. The fourth-order valence-corrected chi connectivity index (χ4v) is 6.48. The molecule has 7 heteroatoms. The van der Waals surface area contributed by atoms with Gasteiger partial charge in [0.1, 0.15) is 24.9 Å². The van der Waals surface area contributed by atoms with Crippen molar-refractivity contribution in [2.45, 2.75) is 119 Å². The van der Waals surface area contributed by atoms with Gasteiger partial charge in [-0.25, -0.2) is 9.56 Å². The number of ether oxygens (including phenoxy) is 1. The number of fused-ring (bicyclic) bond motifs is 8. The van der Waals surface area contributed by atoms with Crippen molar-refractivity contribution in [2.75, 3.05) is 25.5 Å². The van der Waals surface area contributed by atoms with Crippen LogP contribution in [0.5, 0.6) is 0 Å². The first-order valence-corrected chi connectivity index (χ1v) is 18.3. The van der Waals surface area contributed by atoms with E-state index in [0.717, 1.165) is 85.1 Å². The zero-order valence-electron chi connectivity index (χ0n) is 30.5. The van der Waals surface area contributed by atoms with Crippen molar-refractivity contribution in [1.82, 2.24) is 14.5 Å². The molecule has 1 fully saturated rings. The second kappa shape index (κ2) is 17.6. The Morgan fingerprint density at radius 2 is 1.79 bits per heavy atom. The van der Waals surface area contributed by atoms with Gasteiger partial charge in [-0.05, 0) is 80.7 Å². The number of amides is 1. The molecule has 3 aromatic rings. The summed E-state index contributed by atoms with van der Waals surface area (Å²) in [7, 11) is 2.07. The topological polar surface area (TPSA) is 72.0 Å². The minimum absolute atomic E-state index is 0.170. The van der Waals surface area contributed by atoms with Gasteiger partial charge in [-0.3, -0.25) is 15.1 Å². The van der Waals surface area contributed by atoms with Gasteiger partial charge in [0.15, 0.2) is 6.21 Å². The summed E-state index contributed by atoms with van der Waals surface area (Å²) in [6.07, 6.45) is 14.6. The van der Waals surface area contributed by atoms with Gasteiger partial charge in [0, 0.05) is 17.8 Å². The molecule has 1 amide bonds. The molecule has 1 N–H and O–H groups in total. The number of pyridine rings is 1. The van der Waals surface area contributed by atoms with Crippen molar-refractivity contribution < 1.29 is 14.1 Å². The van der Waals surface area contributed by atoms with E-state index >= 15 is 0 Å². The van der Waals surface area contributed by atoms with Gasteiger partial charge in [0.05, 0.1) is 29.8 Å². The Hall–Kier alpha value is -3.48. The quantitative estimate of drug-likeness (QED) is 0.281. The van der Waals surface area contributed by atoms with Crippen LogP contribution in [-0.4, -0.2) is 51.4 Å². The molecule has 2 aromatic heterocycles. The monoisotopic (exact) mass is 642 g/mol. The minimum atomic E-state index is -0.170. The predicted octanol–water partition coefficient (Wildman–Crippen LogP) is 9.60. The van der Waals surface area contributed by atoms with Crippen LogP contribution < -0.4 is 5.32 Å². The molecule has 7 nitrogen and oxygen atoms in total. The Kier molecular flexibility index (Phi) is 13.6. The number of carbonyl (C=O) groups is 1. The van der Waals surface area contributed by atoms with Crippen LogP contribution in [0.4, 0.5) is 5.95 Å². The molecule has 4 heterocycles. The number of nitrogens with zero attached hydrogens (tertiary/aromatic N) is 4. The maximum absolute atomic E-state index is 13.5. The van der Waals surface area contributed by atoms with Crippen molar-refractivity contribution in [1.29, 1.82) is 0 Å². The van der Waals surface area contributed by atoms with Crippen LogP contribution >= 0.6 is 0 Å². The van der Waals surface area contributed by atoms with Crippen molar-refractivity contribution in [3.8, 4) is 0 Å². The Morgan fingerprint density at radius 1 is 1.02 bits per heavy atom. The van der Waals surface area contributed by atoms with Crippen LogP contribution in [0.15, 0.2) is 36.1 Å². The molecule has 256 valence electrons. The number of unbranched alkanes of at least 4 members (excludes halogenated alkanes) is 2. The normalized spacial score (nSPS) is 19.7. The molecule has 47 heavy (non-hydrogen) atoms. The van der Waals surface area contributed by atoms with Crippen LogP contribution in [0.25, 0.3) is 16.6 Å². The highest BCUT2D eigenvalue weighted by atomic mass is 16.5. The molecule has 3 aliphatic rings. The SMILES string of the molecule is CCCC.CCCCC(C)CC.Cc1ccc2nc3n(c2c1)CC1CCC(COC2=C(C=[N+](C)CC2)c2cc(cc(C)n2)C(=O)N3)C1. The number of anilines is 1. The van der Waals surface area contributed by atoms with Gasteiger partial charge < -0.3 is 9.30 Å². The first-order chi connectivity index (χ1) is 22.6. The van der Waals surface area contributed by atoms with Crippen LogP contribution in [0.3, 0.4) is 0 Å². The van der Waals surface area contributed by atoms with E-state index in [0.29, 0.717) is 23.3 Å². The minimum Gasteiger partial charge on any atom is -0.496 e. The zero-order chi connectivity index (χ0) is 33.9. The molecule has 0 saturated heterocycles. The lowest BCUT2D eigenvalue weighted by Gasteiger charge is -2.19. The highest BCUT2D eigenvalue weighted by Gasteiger charge is 2.29. The van der Waals surface area contributed by atoms with E-state index in [4.69, 9.17) is 14.7 Å². The molecule has 1 aliphatic carbocycles. The molecular weight excluding hydrogens is 582 g/mol. The summed E-state index contributed by atoms with van der Waals surface area (Å²) >= 11 is 0. The Labute approximate surface area is 283 Å². The highest BCUT2D eigenvalue weighted by Crippen LogP contribution is 2.36. The van der Waals surface area contributed by atoms with Crippen molar-refractivity contribution >= 4 is 34.7 Å². The summed E-state index contributed by atoms with van der Waals surface area (Å²) in [4.78, 5) is 23.1. The summed E-state index contributed by atoms with van der Waals surface area (Å²) in [5, 5.41) is 3.13. The average molecular weight is 643 g/mol. The van der Waals surface area contributed by atoms with Gasteiger partial charge in [-0.2, -0.15) is 0 Å². The number of benzene rings is 1. The number of aryl methyl sites for hydroxylation is 2. The Morgan fingerprint density at radius 3 is 2.51 bits per heavy atom. The first kappa shape index (κ1) is 36.4. The maximum Gasteiger partial charge on any atom is 0.258 e. The number of aromatic nitrogens is 3. The molecule has 1 saturated carbocycles. The summed E-state index contributed by atoms with van der Waals surface area (Å²) in [6.45, 7) is 17.7. The fraction of sp³-hybridized carbons (Fsp3) is 0.600. The third-order valence-corrected chi connectivity index (χ3v) is 9.79. The Balaban J connectivity index is 0.000000358. The van der Waals surface area contributed by atoms with Gasteiger partial charge in [0.2, 0.25) is 5.95 Å². The third-order valence-electron chi connectivity index (χ3n) is 9.79. The molecule has 0 radical (unpaired) electrons. The molecule has 4 bridgehead atoms. The summed E-state index contributed by atoms with van der Waals surface area (Å²) < 4.78 is 10.8. The van der Waals surface area contributed by atoms with E-state index in [1.807, 2.05) is 25.1 Å². The van der Waals surface area contributed by atoms with Crippen molar-refractivity contribution in [3.05, 3.63) is 58.6 Å². The van der Waals surface area contributed by atoms with Crippen molar-refractivity contribution in [2.24, 2.45) is 17.8 Å². The van der Waals surface area contributed by atoms with Crippen LogP contribution in [0.1, 0.15) is 126 Å². The maximum atomic E-state index is 13.5. The number of rotatable bonds is 5. The lowest BCUT2D eigenvalue weighted by atomic mass is 10.0. The van der Waals surface area contributed by atoms with Crippen molar-refractivity contribution in [3.63, 3.8) is 0 Å². The van der Waals surface area contributed by atoms with E-state index in [2.05, 4.69) is 81.4 Å². The second-order valence-corrected chi connectivity index (χ2v) is 14.1. The standard InChI is InChI=1S/C28H31N5O2.C8H18.C4H10/c1-17-4-7-23-25(10-17)33-14-19-5-6-20(12-19)16-35-26-8-9-32(3)15-22(26)24-13-21(11-18(2)29-24)27(34)31-28(33)30-23;1-4-6-7-8(3)5-2;1-3-4-2/h4,7,10-11,13,15,19-20H,5-6,8-9,12,14,16H2,1-3H3;8H,4-7H2,1-3H3;3-4H2,1-2H3/p+1. The lowest BCUT2D eigenvalue weighted by molar-refractivity contribution is -0.492. The van der Waals surface area contributed by atoms with Gasteiger partial charge in [-0.1, -0.05) is 79.2 Å². The molecule has 1 aromatic carbocycles. The third kappa shape index (κ3) is 10.0. The fourth-order valence-electron chi connectivity index (χ4n) is 6.48. The average Bonchev–Trinajstić information content (AvgIpc) is 3.66. The molecular formula is C40H60N5O2+. The molecule has 3 atom stereocenters. The molecule has 6 rings (SSSR count). The lowest BCUT2D eigenvalue weighted by Crippen LogP contribution is -2.21. The van der Waals surface area contributed by atoms with Crippen LogP contribution in [-0.2, 0) is 11.3 Å². The highest BCUT2D eigenvalue weighted by molar-refractivity contribution is 6.10.